The third kappa shape index (κ3) is 4.17. The van der Waals surface area contributed by atoms with Gasteiger partial charge in [-0.15, -0.1) is 0 Å². The molecule has 14 heavy (non-hydrogen) atoms. The van der Waals surface area contributed by atoms with E-state index in [1.807, 2.05) is 0 Å². The van der Waals surface area contributed by atoms with Gasteiger partial charge in [0.15, 0.2) is 5.78 Å². The van der Waals surface area contributed by atoms with Gasteiger partial charge in [-0.25, -0.2) is 0 Å². The summed E-state index contributed by atoms with van der Waals surface area (Å²) in [5.41, 5.74) is -0.519. The van der Waals surface area contributed by atoms with Crippen LogP contribution in [0, 0.1) is 5.41 Å². The maximum absolute atomic E-state index is 11.4. The van der Waals surface area contributed by atoms with E-state index in [1.165, 1.54) is 14.1 Å². The number of carbonyl (C=O) groups excluding carboxylic acids is 1. The highest BCUT2D eigenvalue weighted by Crippen LogP contribution is 2.13. The van der Waals surface area contributed by atoms with E-state index in [0.717, 1.165) is 4.31 Å². The molecule has 0 saturated carbocycles. The maximum Gasteiger partial charge on any atom is 0.279 e. The number of carbonyl (C=O) groups is 1. The molecule has 0 saturated heterocycles. The van der Waals surface area contributed by atoms with Crippen molar-refractivity contribution in [2.24, 2.45) is 5.41 Å². The van der Waals surface area contributed by atoms with Crippen molar-refractivity contribution in [3.8, 4) is 0 Å². The summed E-state index contributed by atoms with van der Waals surface area (Å²) in [6.07, 6.45) is 0. The molecule has 0 aromatic heterocycles. The van der Waals surface area contributed by atoms with Crippen LogP contribution in [0.4, 0.5) is 0 Å². The number of hydrogen-bond acceptors (Lipinski definition) is 3. The summed E-state index contributed by atoms with van der Waals surface area (Å²) in [5, 5.41) is 0. The number of rotatable bonds is 4. The molecule has 6 heteroatoms. The molecule has 1 N–H and O–H groups in total. The minimum absolute atomic E-state index is 0.136. The standard InChI is InChI=1S/C8H18N2O3S/c1-8(2,3)7(11)6-9-14(12,13)10(4)5/h9H,6H2,1-5H3. The molecular formula is C8H18N2O3S. The first-order chi connectivity index (χ1) is 6.07. The van der Waals surface area contributed by atoms with Crippen LogP contribution in [0.2, 0.25) is 0 Å². The molecule has 0 radical (unpaired) electrons. The van der Waals surface area contributed by atoms with E-state index in [-0.39, 0.29) is 12.3 Å². The Kier molecular flexibility index (Phi) is 4.23. The summed E-state index contributed by atoms with van der Waals surface area (Å²) in [4.78, 5) is 11.4. The summed E-state index contributed by atoms with van der Waals surface area (Å²) in [7, 11) is -0.678. The second-order valence-corrected chi connectivity index (χ2v) is 6.25. The molecule has 84 valence electrons. The van der Waals surface area contributed by atoms with Crippen LogP contribution in [0.25, 0.3) is 0 Å². The van der Waals surface area contributed by atoms with E-state index in [1.54, 1.807) is 20.8 Å². The van der Waals surface area contributed by atoms with Crippen LogP contribution in [0.1, 0.15) is 20.8 Å². The summed E-state index contributed by atoms with van der Waals surface area (Å²) >= 11 is 0. The molecule has 0 heterocycles. The topological polar surface area (TPSA) is 66.5 Å². The molecule has 0 aliphatic rings. The Morgan fingerprint density at radius 2 is 1.71 bits per heavy atom. The second-order valence-electron chi connectivity index (χ2n) is 4.28. The van der Waals surface area contributed by atoms with Crippen LogP contribution in [0.3, 0.4) is 0 Å². The third-order valence-corrected chi connectivity index (χ3v) is 3.20. The average molecular weight is 222 g/mol. The Labute approximate surface area is 85.7 Å². The molecule has 0 aliphatic carbocycles. The number of hydrogen-bond donors (Lipinski definition) is 1. The third-order valence-electron chi connectivity index (χ3n) is 1.73. The molecule has 0 spiro atoms. The van der Waals surface area contributed by atoms with Crippen molar-refractivity contribution >= 4 is 16.0 Å². The lowest BCUT2D eigenvalue weighted by Crippen LogP contribution is -2.41. The van der Waals surface area contributed by atoms with Crippen LogP contribution in [0.15, 0.2) is 0 Å². The van der Waals surface area contributed by atoms with Gasteiger partial charge < -0.3 is 0 Å². The molecule has 0 fully saturated rings. The zero-order valence-electron chi connectivity index (χ0n) is 9.29. The fourth-order valence-corrected chi connectivity index (χ4v) is 1.12. The van der Waals surface area contributed by atoms with Gasteiger partial charge in [-0.1, -0.05) is 20.8 Å². The van der Waals surface area contributed by atoms with Crippen LogP contribution < -0.4 is 4.72 Å². The van der Waals surface area contributed by atoms with Crippen molar-refractivity contribution < 1.29 is 13.2 Å². The highest BCUT2D eigenvalue weighted by molar-refractivity contribution is 7.87. The van der Waals surface area contributed by atoms with Crippen LogP contribution >= 0.6 is 0 Å². The molecule has 0 rings (SSSR count). The Hall–Kier alpha value is -0.460. The first kappa shape index (κ1) is 13.5. The fraction of sp³-hybridized carbons (Fsp3) is 0.875. The van der Waals surface area contributed by atoms with Crippen molar-refractivity contribution in [2.45, 2.75) is 20.8 Å². The van der Waals surface area contributed by atoms with Crippen molar-refractivity contribution in [3.63, 3.8) is 0 Å². The number of Topliss-reactive ketones (excluding diaryl/α,β-unsaturated/α-hetero) is 1. The molecule has 0 bridgehead atoms. The normalized spacial score (nSPS) is 13.3. The van der Waals surface area contributed by atoms with Gasteiger partial charge in [-0.2, -0.15) is 17.4 Å². The Bertz CT molecular complexity index is 301. The predicted molar refractivity (Wildman–Crippen MR) is 55.1 cm³/mol. The van der Waals surface area contributed by atoms with Gasteiger partial charge in [0.2, 0.25) is 0 Å². The molecule has 0 atom stereocenters. The van der Waals surface area contributed by atoms with E-state index >= 15 is 0 Å². The lowest BCUT2D eigenvalue weighted by atomic mass is 9.91. The summed E-state index contributed by atoms with van der Waals surface area (Å²) < 4.78 is 25.7. The minimum atomic E-state index is -3.49. The zero-order valence-corrected chi connectivity index (χ0v) is 10.1. The van der Waals surface area contributed by atoms with Crippen molar-refractivity contribution in [2.75, 3.05) is 20.6 Å². The number of nitrogens with one attached hydrogen (secondary N) is 1. The lowest BCUT2D eigenvalue weighted by Gasteiger charge is -2.18. The fourth-order valence-electron chi connectivity index (χ4n) is 0.551. The zero-order chi connectivity index (χ0) is 11.6. The predicted octanol–water partition coefficient (Wildman–Crippen LogP) is -0.00240. The Morgan fingerprint density at radius 3 is 2.00 bits per heavy atom. The van der Waals surface area contributed by atoms with Gasteiger partial charge in [0.25, 0.3) is 10.2 Å². The van der Waals surface area contributed by atoms with Crippen molar-refractivity contribution in [1.82, 2.24) is 9.03 Å². The van der Waals surface area contributed by atoms with Gasteiger partial charge in [0.1, 0.15) is 0 Å². The van der Waals surface area contributed by atoms with E-state index in [2.05, 4.69) is 4.72 Å². The molecule has 0 aromatic rings. The molecular weight excluding hydrogens is 204 g/mol. The van der Waals surface area contributed by atoms with Crippen LogP contribution in [-0.4, -0.2) is 39.1 Å². The summed E-state index contributed by atoms with van der Waals surface area (Å²) in [5.74, 6) is -0.136. The molecule has 0 amide bonds. The van der Waals surface area contributed by atoms with Crippen molar-refractivity contribution in [3.05, 3.63) is 0 Å². The van der Waals surface area contributed by atoms with Gasteiger partial charge in [-0.3, -0.25) is 4.79 Å². The quantitative estimate of drug-likeness (QED) is 0.728. The van der Waals surface area contributed by atoms with E-state index < -0.39 is 15.6 Å². The Morgan fingerprint density at radius 1 is 1.29 bits per heavy atom. The smallest absolute Gasteiger partial charge is 0.279 e. The summed E-state index contributed by atoms with van der Waals surface area (Å²) in [6.45, 7) is 5.09. The van der Waals surface area contributed by atoms with Gasteiger partial charge in [0, 0.05) is 19.5 Å². The first-order valence-corrected chi connectivity index (χ1v) is 5.72. The molecule has 0 aromatic carbocycles. The van der Waals surface area contributed by atoms with Crippen LogP contribution in [-0.2, 0) is 15.0 Å². The highest BCUT2D eigenvalue weighted by atomic mass is 32.2. The Balaban J connectivity index is 4.29. The van der Waals surface area contributed by atoms with E-state index in [9.17, 15) is 13.2 Å². The molecule has 0 aliphatic heterocycles. The maximum atomic E-state index is 11.4. The molecule has 5 nitrogen and oxygen atoms in total. The number of nitrogens with zero attached hydrogens (tertiary/aromatic N) is 1. The highest BCUT2D eigenvalue weighted by Gasteiger charge is 2.23. The van der Waals surface area contributed by atoms with Gasteiger partial charge in [0.05, 0.1) is 6.54 Å². The first-order valence-electron chi connectivity index (χ1n) is 4.28. The number of ketones is 1. The van der Waals surface area contributed by atoms with E-state index in [4.69, 9.17) is 0 Å². The van der Waals surface area contributed by atoms with Crippen molar-refractivity contribution in [1.29, 1.82) is 0 Å². The minimum Gasteiger partial charge on any atom is -0.298 e. The van der Waals surface area contributed by atoms with E-state index in [0.29, 0.717) is 0 Å². The monoisotopic (exact) mass is 222 g/mol. The average Bonchev–Trinajstić information content (AvgIpc) is 1.98. The lowest BCUT2D eigenvalue weighted by molar-refractivity contribution is -0.125. The summed E-state index contributed by atoms with van der Waals surface area (Å²) in [6, 6.07) is 0. The molecule has 0 unspecified atom stereocenters. The largest absolute Gasteiger partial charge is 0.298 e. The van der Waals surface area contributed by atoms with Crippen LogP contribution in [0.5, 0.6) is 0 Å². The van der Waals surface area contributed by atoms with Gasteiger partial charge in [-0.05, 0) is 0 Å². The van der Waals surface area contributed by atoms with Gasteiger partial charge >= 0.3 is 0 Å². The second kappa shape index (κ2) is 4.37. The SMILES string of the molecule is CN(C)S(=O)(=O)NCC(=O)C(C)(C)C.